The average Bonchev–Trinajstić information content (AvgIpc) is 2.50. The zero-order valence-electron chi connectivity index (χ0n) is 6.91. The molecule has 0 amide bonds. The summed E-state index contributed by atoms with van der Waals surface area (Å²) in [6, 6.07) is 0. The molecule has 2 N–H and O–H groups in total. The summed E-state index contributed by atoms with van der Waals surface area (Å²) in [6.45, 7) is 0.849. The van der Waals surface area contributed by atoms with Gasteiger partial charge in [-0.3, -0.25) is 9.07 Å². The molecular weight excluding hydrogens is 159 g/mol. The van der Waals surface area contributed by atoms with E-state index in [1.807, 2.05) is 6.20 Å². The molecular formula is C7H13FN4. The van der Waals surface area contributed by atoms with Gasteiger partial charge in [0.05, 0.1) is 12.4 Å². The van der Waals surface area contributed by atoms with Crippen LogP contribution in [-0.2, 0) is 13.0 Å². The first-order valence-corrected chi connectivity index (χ1v) is 4.02. The summed E-state index contributed by atoms with van der Waals surface area (Å²) in [4.78, 5) is 0. The van der Waals surface area contributed by atoms with Crippen LogP contribution in [0, 0.1) is 0 Å². The third kappa shape index (κ3) is 2.58. The molecule has 0 saturated carbocycles. The second-order valence-electron chi connectivity index (χ2n) is 2.55. The van der Waals surface area contributed by atoms with E-state index in [1.54, 1.807) is 4.68 Å². The lowest BCUT2D eigenvalue weighted by Gasteiger charge is -1.93. The summed E-state index contributed by atoms with van der Waals surface area (Å²) in [5.41, 5.74) is 6.20. The van der Waals surface area contributed by atoms with Crippen LogP contribution in [-0.4, -0.2) is 28.2 Å². The normalized spacial score (nSPS) is 10.5. The van der Waals surface area contributed by atoms with Gasteiger partial charge in [-0.05, 0) is 13.0 Å². The second-order valence-corrected chi connectivity index (χ2v) is 2.55. The topological polar surface area (TPSA) is 56.7 Å². The number of hydrogen-bond donors (Lipinski definition) is 1. The number of rotatable bonds is 5. The van der Waals surface area contributed by atoms with E-state index in [-0.39, 0.29) is 6.67 Å². The summed E-state index contributed by atoms with van der Waals surface area (Å²) in [6.07, 6.45) is 3.03. The SMILES string of the molecule is NCCc1cn(CCCF)nn1. The van der Waals surface area contributed by atoms with Crippen LogP contribution in [0.3, 0.4) is 0 Å². The highest BCUT2D eigenvalue weighted by Gasteiger charge is 1.98. The lowest BCUT2D eigenvalue weighted by molar-refractivity contribution is 0.431. The Bertz CT molecular complexity index is 223. The van der Waals surface area contributed by atoms with Crippen LogP contribution in [0.25, 0.3) is 0 Å². The third-order valence-corrected chi connectivity index (χ3v) is 1.51. The van der Waals surface area contributed by atoms with Crippen molar-refractivity contribution in [2.45, 2.75) is 19.4 Å². The van der Waals surface area contributed by atoms with Crippen molar-refractivity contribution in [2.75, 3.05) is 13.2 Å². The van der Waals surface area contributed by atoms with Gasteiger partial charge in [0, 0.05) is 19.2 Å². The van der Waals surface area contributed by atoms with Gasteiger partial charge in [0.15, 0.2) is 0 Å². The second kappa shape index (κ2) is 4.82. The predicted octanol–water partition coefficient (Wildman–Crippen LogP) is 0.139. The van der Waals surface area contributed by atoms with Crippen LogP contribution in [0.4, 0.5) is 4.39 Å². The molecule has 0 atom stereocenters. The Morgan fingerprint density at radius 2 is 2.42 bits per heavy atom. The molecule has 68 valence electrons. The Balaban J connectivity index is 2.41. The van der Waals surface area contributed by atoms with Crippen molar-refractivity contribution < 1.29 is 4.39 Å². The zero-order valence-corrected chi connectivity index (χ0v) is 6.91. The lowest BCUT2D eigenvalue weighted by Crippen LogP contribution is -2.02. The van der Waals surface area contributed by atoms with Crippen LogP contribution < -0.4 is 5.73 Å². The Labute approximate surface area is 70.6 Å². The Morgan fingerprint density at radius 3 is 3.08 bits per heavy atom. The van der Waals surface area contributed by atoms with Crippen LogP contribution in [0.5, 0.6) is 0 Å². The fourth-order valence-electron chi connectivity index (χ4n) is 0.932. The van der Waals surface area contributed by atoms with Gasteiger partial charge < -0.3 is 5.73 Å². The molecule has 0 spiro atoms. The van der Waals surface area contributed by atoms with Gasteiger partial charge in [0.25, 0.3) is 0 Å². The molecule has 0 bridgehead atoms. The molecule has 1 heterocycles. The van der Waals surface area contributed by atoms with Gasteiger partial charge >= 0.3 is 0 Å². The van der Waals surface area contributed by atoms with E-state index in [0.717, 1.165) is 12.1 Å². The van der Waals surface area contributed by atoms with Gasteiger partial charge in [-0.1, -0.05) is 5.21 Å². The van der Waals surface area contributed by atoms with Crippen molar-refractivity contribution in [3.63, 3.8) is 0 Å². The van der Waals surface area contributed by atoms with Crippen molar-refractivity contribution in [1.29, 1.82) is 0 Å². The van der Waals surface area contributed by atoms with Gasteiger partial charge in [0.2, 0.25) is 0 Å². The first-order valence-electron chi connectivity index (χ1n) is 4.02. The first-order chi connectivity index (χ1) is 5.86. The van der Waals surface area contributed by atoms with E-state index >= 15 is 0 Å². The van der Waals surface area contributed by atoms with E-state index in [0.29, 0.717) is 19.5 Å². The maximum Gasteiger partial charge on any atom is 0.0912 e. The molecule has 1 rings (SSSR count). The summed E-state index contributed by atoms with van der Waals surface area (Å²) in [5, 5.41) is 7.69. The third-order valence-electron chi connectivity index (χ3n) is 1.51. The van der Waals surface area contributed by atoms with Crippen molar-refractivity contribution in [2.24, 2.45) is 5.73 Å². The fraction of sp³-hybridized carbons (Fsp3) is 0.714. The Hall–Kier alpha value is -0.970. The molecule has 0 aliphatic carbocycles. The molecule has 1 aromatic rings. The highest BCUT2D eigenvalue weighted by atomic mass is 19.1. The molecule has 12 heavy (non-hydrogen) atoms. The first kappa shape index (κ1) is 9.12. The number of alkyl halides is 1. The smallest absolute Gasteiger partial charge is 0.0912 e. The maximum absolute atomic E-state index is 11.8. The Morgan fingerprint density at radius 1 is 1.58 bits per heavy atom. The number of aromatic nitrogens is 3. The molecule has 0 aromatic carbocycles. The standard InChI is InChI=1S/C7H13FN4/c8-3-1-5-12-6-7(2-4-9)10-11-12/h6H,1-5,9H2. The van der Waals surface area contributed by atoms with Crippen molar-refractivity contribution in [3.8, 4) is 0 Å². The summed E-state index contributed by atoms with van der Waals surface area (Å²) in [7, 11) is 0. The minimum absolute atomic E-state index is 0.313. The fourth-order valence-corrected chi connectivity index (χ4v) is 0.932. The van der Waals surface area contributed by atoms with E-state index in [1.165, 1.54) is 0 Å². The maximum atomic E-state index is 11.8. The van der Waals surface area contributed by atoms with Crippen LogP contribution in [0.1, 0.15) is 12.1 Å². The van der Waals surface area contributed by atoms with Gasteiger partial charge in [-0.25, -0.2) is 0 Å². The van der Waals surface area contributed by atoms with Gasteiger partial charge in [0.1, 0.15) is 0 Å². The minimum atomic E-state index is -0.313. The van der Waals surface area contributed by atoms with E-state index < -0.39 is 0 Å². The van der Waals surface area contributed by atoms with E-state index in [2.05, 4.69) is 10.3 Å². The van der Waals surface area contributed by atoms with E-state index in [4.69, 9.17) is 5.73 Å². The molecule has 0 unspecified atom stereocenters. The summed E-state index contributed by atoms with van der Waals surface area (Å²) < 4.78 is 13.4. The number of nitrogens with zero attached hydrogens (tertiary/aromatic N) is 3. The number of aryl methyl sites for hydroxylation is 1. The average molecular weight is 172 g/mol. The highest BCUT2D eigenvalue weighted by molar-refractivity contribution is 4.92. The molecule has 0 radical (unpaired) electrons. The monoisotopic (exact) mass is 172 g/mol. The highest BCUT2D eigenvalue weighted by Crippen LogP contribution is 1.94. The lowest BCUT2D eigenvalue weighted by atomic mass is 10.3. The largest absolute Gasteiger partial charge is 0.330 e. The van der Waals surface area contributed by atoms with E-state index in [9.17, 15) is 4.39 Å². The van der Waals surface area contributed by atoms with Crippen molar-refractivity contribution >= 4 is 0 Å². The summed E-state index contributed by atoms with van der Waals surface area (Å²) >= 11 is 0. The predicted molar refractivity (Wildman–Crippen MR) is 43.4 cm³/mol. The molecule has 0 saturated heterocycles. The zero-order chi connectivity index (χ0) is 8.81. The molecule has 0 aliphatic heterocycles. The molecule has 0 fully saturated rings. The van der Waals surface area contributed by atoms with Crippen LogP contribution in [0.15, 0.2) is 6.20 Å². The number of hydrogen-bond acceptors (Lipinski definition) is 3. The molecule has 1 aromatic heterocycles. The van der Waals surface area contributed by atoms with Crippen molar-refractivity contribution in [3.05, 3.63) is 11.9 Å². The van der Waals surface area contributed by atoms with Gasteiger partial charge in [-0.2, -0.15) is 0 Å². The minimum Gasteiger partial charge on any atom is -0.330 e. The molecule has 0 aliphatic rings. The number of halogens is 1. The quantitative estimate of drug-likeness (QED) is 0.687. The molecule has 5 heteroatoms. The van der Waals surface area contributed by atoms with Crippen LogP contribution in [0.2, 0.25) is 0 Å². The number of nitrogens with two attached hydrogens (primary N) is 1. The molecule has 4 nitrogen and oxygen atoms in total. The summed E-state index contributed by atoms with van der Waals surface area (Å²) in [5.74, 6) is 0. The van der Waals surface area contributed by atoms with Gasteiger partial charge in [-0.15, -0.1) is 5.10 Å². The van der Waals surface area contributed by atoms with Crippen molar-refractivity contribution in [1.82, 2.24) is 15.0 Å². The van der Waals surface area contributed by atoms with Crippen LogP contribution >= 0.6 is 0 Å². The Kier molecular flexibility index (Phi) is 3.66.